The molecule has 0 saturated carbocycles. The molecule has 0 fully saturated rings. The minimum atomic E-state index is -0.111. The molecule has 1 aliphatic rings. The lowest BCUT2D eigenvalue weighted by atomic mass is 10.1. The highest BCUT2D eigenvalue weighted by Gasteiger charge is 2.26. The molecule has 1 aromatic carbocycles. The quantitative estimate of drug-likeness (QED) is 0.750. The van der Waals surface area contributed by atoms with Crippen molar-refractivity contribution in [1.29, 1.82) is 0 Å². The van der Waals surface area contributed by atoms with E-state index in [4.69, 9.17) is 0 Å². The largest absolute Gasteiger partial charge is 0.322 e. The van der Waals surface area contributed by atoms with Crippen LogP contribution in [0.3, 0.4) is 0 Å². The molecule has 0 spiro atoms. The number of thiophene rings is 1. The Labute approximate surface area is 161 Å². The van der Waals surface area contributed by atoms with Crippen LogP contribution < -0.4 is 10.9 Å². The van der Waals surface area contributed by atoms with E-state index >= 15 is 0 Å². The molecule has 27 heavy (non-hydrogen) atoms. The van der Waals surface area contributed by atoms with Gasteiger partial charge in [0.25, 0.3) is 5.56 Å². The van der Waals surface area contributed by atoms with Gasteiger partial charge in [-0.2, -0.15) is 0 Å². The van der Waals surface area contributed by atoms with E-state index in [0.717, 1.165) is 38.3 Å². The molecular formula is C20H22N4O2S. The summed E-state index contributed by atoms with van der Waals surface area (Å²) in [6.07, 6.45) is 3.22. The number of carbonyl (C=O) groups is 1. The number of aryl methyl sites for hydroxylation is 2. The first-order valence-corrected chi connectivity index (χ1v) is 10.0. The van der Waals surface area contributed by atoms with Gasteiger partial charge >= 0.3 is 6.03 Å². The van der Waals surface area contributed by atoms with E-state index in [1.54, 1.807) is 15.8 Å². The van der Waals surface area contributed by atoms with Gasteiger partial charge in [0.05, 0.1) is 18.3 Å². The molecule has 1 N–H and O–H groups in total. The second kappa shape index (κ2) is 7.15. The molecule has 0 bridgehead atoms. The second-order valence-electron chi connectivity index (χ2n) is 6.90. The Hall–Kier alpha value is -2.67. The van der Waals surface area contributed by atoms with E-state index < -0.39 is 0 Å². The van der Waals surface area contributed by atoms with E-state index in [1.165, 1.54) is 11.3 Å². The molecule has 3 heterocycles. The Morgan fingerprint density at radius 3 is 3.00 bits per heavy atom. The van der Waals surface area contributed by atoms with Crippen molar-refractivity contribution < 1.29 is 4.79 Å². The number of fused-ring (bicyclic) bond motifs is 3. The first kappa shape index (κ1) is 17.7. The average Bonchev–Trinajstić information content (AvgIpc) is 3.02. The van der Waals surface area contributed by atoms with Crippen LogP contribution in [-0.4, -0.2) is 27.0 Å². The van der Waals surface area contributed by atoms with Crippen LogP contribution in [0, 0.1) is 6.92 Å². The molecule has 0 saturated heterocycles. The topological polar surface area (TPSA) is 67.2 Å². The molecule has 4 rings (SSSR count). The van der Waals surface area contributed by atoms with Crippen LogP contribution in [0.1, 0.15) is 29.3 Å². The highest BCUT2D eigenvalue weighted by molar-refractivity contribution is 7.18. The summed E-state index contributed by atoms with van der Waals surface area (Å²) in [6, 6.07) is 7.66. The van der Waals surface area contributed by atoms with Crippen molar-refractivity contribution >= 4 is 33.3 Å². The Morgan fingerprint density at radius 2 is 2.22 bits per heavy atom. The van der Waals surface area contributed by atoms with Gasteiger partial charge in [-0.1, -0.05) is 19.1 Å². The number of benzene rings is 1. The van der Waals surface area contributed by atoms with Gasteiger partial charge in [-0.15, -0.1) is 11.3 Å². The van der Waals surface area contributed by atoms with Crippen LogP contribution >= 0.6 is 11.3 Å². The van der Waals surface area contributed by atoms with Crippen molar-refractivity contribution in [3.63, 3.8) is 0 Å². The lowest BCUT2D eigenvalue weighted by Crippen LogP contribution is -2.38. The highest BCUT2D eigenvalue weighted by atomic mass is 32.1. The van der Waals surface area contributed by atoms with Crippen molar-refractivity contribution in [3.8, 4) is 0 Å². The molecule has 3 aromatic rings. The van der Waals surface area contributed by atoms with Gasteiger partial charge in [-0.05, 0) is 43.0 Å². The number of nitrogens with one attached hydrogen (secondary N) is 1. The highest BCUT2D eigenvalue weighted by Crippen LogP contribution is 2.32. The summed E-state index contributed by atoms with van der Waals surface area (Å²) in [4.78, 5) is 33.5. The van der Waals surface area contributed by atoms with Crippen LogP contribution in [0.25, 0.3) is 10.2 Å². The Morgan fingerprint density at radius 1 is 1.37 bits per heavy atom. The number of rotatable bonds is 3. The Kier molecular flexibility index (Phi) is 4.70. The van der Waals surface area contributed by atoms with Gasteiger partial charge in [0.1, 0.15) is 4.83 Å². The van der Waals surface area contributed by atoms with Gasteiger partial charge in [-0.3, -0.25) is 9.36 Å². The van der Waals surface area contributed by atoms with E-state index in [-0.39, 0.29) is 11.6 Å². The summed E-state index contributed by atoms with van der Waals surface area (Å²) >= 11 is 1.52. The summed E-state index contributed by atoms with van der Waals surface area (Å²) in [7, 11) is 0. The lowest BCUT2D eigenvalue weighted by Gasteiger charge is -2.27. The molecule has 0 unspecified atom stereocenters. The first-order chi connectivity index (χ1) is 13.1. The first-order valence-electron chi connectivity index (χ1n) is 9.19. The van der Waals surface area contributed by atoms with Gasteiger partial charge in [0.2, 0.25) is 0 Å². The average molecular weight is 382 g/mol. The molecule has 0 atom stereocenters. The number of aromatic nitrogens is 2. The van der Waals surface area contributed by atoms with Crippen molar-refractivity contribution in [2.75, 3.05) is 11.9 Å². The number of carbonyl (C=O) groups excluding carboxylic acids is 1. The fourth-order valence-corrected chi connectivity index (χ4v) is 4.71. The van der Waals surface area contributed by atoms with Crippen LogP contribution in [-0.2, 0) is 19.5 Å². The van der Waals surface area contributed by atoms with Gasteiger partial charge in [0.15, 0.2) is 0 Å². The maximum Gasteiger partial charge on any atom is 0.322 e. The third-order valence-electron chi connectivity index (χ3n) is 4.85. The summed E-state index contributed by atoms with van der Waals surface area (Å²) in [5, 5.41) is 3.70. The van der Waals surface area contributed by atoms with Crippen LogP contribution in [0.2, 0.25) is 0 Å². The molecular weight excluding hydrogens is 360 g/mol. The Bertz CT molecular complexity index is 1070. The molecule has 140 valence electrons. The lowest BCUT2D eigenvalue weighted by molar-refractivity contribution is 0.207. The molecule has 1 aliphatic heterocycles. The van der Waals surface area contributed by atoms with Crippen molar-refractivity contribution in [1.82, 2.24) is 14.5 Å². The number of nitrogens with zero attached hydrogens (tertiary/aromatic N) is 3. The normalized spacial score (nSPS) is 13.6. The van der Waals surface area contributed by atoms with Crippen molar-refractivity contribution in [2.24, 2.45) is 0 Å². The van der Waals surface area contributed by atoms with Crippen LogP contribution in [0.15, 0.2) is 35.4 Å². The summed E-state index contributed by atoms with van der Waals surface area (Å²) in [5.41, 5.74) is 3.01. The minimum absolute atomic E-state index is 0.0389. The monoisotopic (exact) mass is 382 g/mol. The zero-order valence-corrected chi connectivity index (χ0v) is 16.3. The summed E-state index contributed by atoms with van der Waals surface area (Å²) < 4.78 is 1.69. The van der Waals surface area contributed by atoms with Gasteiger partial charge in [-0.25, -0.2) is 9.78 Å². The predicted octanol–water partition coefficient (Wildman–Crippen LogP) is 3.77. The van der Waals surface area contributed by atoms with E-state index in [0.29, 0.717) is 26.1 Å². The minimum Gasteiger partial charge on any atom is -0.319 e. The van der Waals surface area contributed by atoms with Crippen molar-refractivity contribution in [2.45, 2.75) is 39.8 Å². The fraction of sp³-hybridized carbons (Fsp3) is 0.350. The standard InChI is InChI=1S/C20H22N4O2S/c1-3-8-24-12-21-18-17(19(24)25)15-7-9-23(11-16(15)27-18)20(26)22-14-6-4-5-13(2)10-14/h4-6,10,12H,3,7-9,11H2,1-2H3,(H,22,26). The zero-order valence-electron chi connectivity index (χ0n) is 15.5. The SMILES string of the molecule is CCCn1cnc2sc3c(c2c1=O)CCN(C(=O)Nc1cccc(C)c1)C3. The number of urea groups is 1. The van der Waals surface area contributed by atoms with E-state index in [1.807, 2.05) is 38.1 Å². The van der Waals surface area contributed by atoms with Crippen LogP contribution in [0.4, 0.5) is 10.5 Å². The van der Waals surface area contributed by atoms with Gasteiger partial charge in [0, 0.05) is 23.7 Å². The third kappa shape index (κ3) is 3.35. The number of hydrogen-bond acceptors (Lipinski definition) is 4. The van der Waals surface area contributed by atoms with Crippen molar-refractivity contribution in [3.05, 3.63) is 57.0 Å². The molecule has 0 radical (unpaired) electrons. The smallest absolute Gasteiger partial charge is 0.319 e. The molecule has 6 nitrogen and oxygen atoms in total. The number of amides is 2. The number of hydrogen-bond donors (Lipinski definition) is 1. The number of anilines is 1. The molecule has 2 aromatic heterocycles. The third-order valence-corrected chi connectivity index (χ3v) is 5.97. The van der Waals surface area contributed by atoms with Gasteiger partial charge < -0.3 is 10.2 Å². The fourth-order valence-electron chi connectivity index (χ4n) is 3.52. The summed E-state index contributed by atoms with van der Waals surface area (Å²) in [5.74, 6) is 0. The maximum absolute atomic E-state index is 12.8. The molecule has 0 aliphatic carbocycles. The maximum atomic E-state index is 12.8. The molecule has 2 amide bonds. The van der Waals surface area contributed by atoms with Crippen LogP contribution in [0.5, 0.6) is 0 Å². The summed E-state index contributed by atoms with van der Waals surface area (Å²) in [6.45, 7) is 5.83. The van der Waals surface area contributed by atoms with E-state index in [9.17, 15) is 9.59 Å². The zero-order chi connectivity index (χ0) is 19.0. The molecule has 7 heteroatoms. The second-order valence-corrected chi connectivity index (χ2v) is 7.98. The van der Waals surface area contributed by atoms with E-state index in [2.05, 4.69) is 10.3 Å². The predicted molar refractivity (Wildman–Crippen MR) is 108 cm³/mol. The Balaban J connectivity index is 1.59.